The van der Waals surface area contributed by atoms with Crippen LogP contribution >= 0.6 is 0 Å². The second-order valence-corrected chi connectivity index (χ2v) is 5.21. The lowest BCUT2D eigenvalue weighted by Gasteiger charge is -2.09. The third-order valence-corrected chi connectivity index (χ3v) is 3.56. The van der Waals surface area contributed by atoms with Gasteiger partial charge in [-0.2, -0.15) is 5.10 Å². The average molecular weight is 307 g/mol. The first kappa shape index (κ1) is 14.8. The average Bonchev–Trinajstić information content (AvgIpc) is 3.18. The van der Waals surface area contributed by atoms with Crippen LogP contribution < -0.4 is 5.43 Å². The van der Waals surface area contributed by atoms with Gasteiger partial charge in [0.2, 0.25) is 0 Å². The number of aromatic nitrogens is 1. The minimum atomic E-state index is -0.264. The molecule has 0 fully saturated rings. The van der Waals surface area contributed by atoms with Gasteiger partial charge in [0.05, 0.1) is 12.5 Å². The van der Waals surface area contributed by atoms with Gasteiger partial charge in [0.15, 0.2) is 0 Å². The van der Waals surface area contributed by atoms with Crippen LogP contribution in [-0.4, -0.2) is 16.7 Å². The number of nitrogens with one attached hydrogen (secondary N) is 1. The summed E-state index contributed by atoms with van der Waals surface area (Å²) < 4.78 is 7.23. The number of furan rings is 1. The number of hydrogen-bond acceptors (Lipinski definition) is 3. The Balaban J connectivity index is 1.71. The summed E-state index contributed by atoms with van der Waals surface area (Å²) in [6.45, 7) is 4.11. The predicted octanol–water partition coefficient (Wildman–Crippen LogP) is 3.45. The highest BCUT2D eigenvalue weighted by atomic mass is 16.3. The fraction of sp³-hybridized carbons (Fsp3) is 0.111. The number of carbonyl (C=O) groups is 1. The van der Waals surface area contributed by atoms with Crippen LogP contribution in [0.1, 0.15) is 27.5 Å². The van der Waals surface area contributed by atoms with Gasteiger partial charge in [-0.15, -0.1) is 0 Å². The molecule has 0 atom stereocenters. The molecule has 0 bridgehead atoms. The van der Waals surface area contributed by atoms with E-state index in [1.165, 1.54) is 6.21 Å². The Bertz CT molecular complexity index is 808. The van der Waals surface area contributed by atoms with Crippen molar-refractivity contribution in [1.82, 2.24) is 9.99 Å². The number of benzene rings is 1. The molecular weight excluding hydrogens is 290 g/mol. The number of hydrogen-bond donors (Lipinski definition) is 1. The van der Waals surface area contributed by atoms with E-state index in [-0.39, 0.29) is 5.91 Å². The van der Waals surface area contributed by atoms with Gasteiger partial charge in [-0.05, 0) is 62.4 Å². The van der Waals surface area contributed by atoms with Crippen LogP contribution in [-0.2, 0) is 0 Å². The zero-order valence-electron chi connectivity index (χ0n) is 13.0. The Morgan fingerprint density at radius 1 is 1.09 bits per heavy atom. The molecule has 3 rings (SSSR count). The molecule has 23 heavy (non-hydrogen) atoms. The number of amides is 1. The summed E-state index contributed by atoms with van der Waals surface area (Å²) in [5, 5.41) is 3.87. The second-order valence-electron chi connectivity index (χ2n) is 5.21. The maximum Gasteiger partial charge on any atom is 0.271 e. The van der Waals surface area contributed by atoms with E-state index in [1.807, 2.05) is 12.1 Å². The number of carbonyl (C=O) groups excluding carboxylic acids is 1. The molecular formula is C18H17N3O2. The molecule has 0 aliphatic carbocycles. The van der Waals surface area contributed by atoms with Crippen LogP contribution in [0.2, 0.25) is 0 Å². The number of aryl methyl sites for hydroxylation is 2. The second kappa shape index (κ2) is 6.36. The standard InChI is InChI=1S/C18H17N3O2/c1-13-5-6-14(2)21(13)16-9-7-15(8-10-16)18(22)20-19-12-17-4-3-11-23-17/h3-12H,1-2H3,(H,20,22)/b19-12+. The van der Waals surface area contributed by atoms with Gasteiger partial charge in [0, 0.05) is 22.6 Å². The molecule has 0 aliphatic rings. The van der Waals surface area contributed by atoms with Crippen molar-refractivity contribution in [2.24, 2.45) is 5.10 Å². The van der Waals surface area contributed by atoms with Crippen LogP contribution in [0, 0.1) is 13.8 Å². The van der Waals surface area contributed by atoms with Crippen molar-refractivity contribution in [2.75, 3.05) is 0 Å². The molecule has 0 aliphatic heterocycles. The minimum absolute atomic E-state index is 0.264. The van der Waals surface area contributed by atoms with Gasteiger partial charge in [-0.25, -0.2) is 5.43 Å². The Labute approximate surface area is 134 Å². The zero-order chi connectivity index (χ0) is 16.2. The molecule has 0 spiro atoms. The van der Waals surface area contributed by atoms with Crippen LogP contribution in [0.5, 0.6) is 0 Å². The Morgan fingerprint density at radius 2 is 1.78 bits per heavy atom. The van der Waals surface area contributed by atoms with Gasteiger partial charge >= 0.3 is 0 Å². The minimum Gasteiger partial charge on any atom is -0.463 e. The van der Waals surface area contributed by atoms with Crippen molar-refractivity contribution in [3.05, 3.63) is 77.5 Å². The zero-order valence-corrected chi connectivity index (χ0v) is 13.0. The van der Waals surface area contributed by atoms with Crippen LogP contribution in [0.15, 0.2) is 64.3 Å². The fourth-order valence-electron chi connectivity index (χ4n) is 2.42. The van der Waals surface area contributed by atoms with E-state index in [4.69, 9.17) is 4.42 Å². The van der Waals surface area contributed by atoms with Crippen molar-refractivity contribution < 1.29 is 9.21 Å². The first-order chi connectivity index (χ1) is 11.1. The fourth-order valence-corrected chi connectivity index (χ4v) is 2.42. The van der Waals surface area contributed by atoms with Crippen LogP contribution in [0.25, 0.3) is 5.69 Å². The topological polar surface area (TPSA) is 59.5 Å². The molecule has 3 aromatic rings. The summed E-state index contributed by atoms with van der Waals surface area (Å²) in [5.74, 6) is 0.319. The lowest BCUT2D eigenvalue weighted by molar-refractivity contribution is 0.0955. The van der Waals surface area contributed by atoms with Crippen LogP contribution in [0.3, 0.4) is 0 Å². The first-order valence-corrected chi connectivity index (χ1v) is 7.27. The number of hydrazone groups is 1. The molecule has 0 saturated carbocycles. The Kier molecular flexibility index (Phi) is 4.10. The van der Waals surface area contributed by atoms with E-state index in [1.54, 1.807) is 30.5 Å². The smallest absolute Gasteiger partial charge is 0.271 e. The number of rotatable bonds is 4. The first-order valence-electron chi connectivity index (χ1n) is 7.27. The molecule has 116 valence electrons. The third-order valence-electron chi connectivity index (χ3n) is 3.56. The summed E-state index contributed by atoms with van der Waals surface area (Å²) >= 11 is 0. The van der Waals surface area contributed by atoms with Crippen molar-refractivity contribution in [3.63, 3.8) is 0 Å². The predicted molar refractivity (Wildman–Crippen MR) is 89.0 cm³/mol. The van der Waals surface area contributed by atoms with Gasteiger partial charge < -0.3 is 8.98 Å². The van der Waals surface area contributed by atoms with E-state index in [0.29, 0.717) is 11.3 Å². The van der Waals surface area contributed by atoms with Gasteiger partial charge in [-0.3, -0.25) is 4.79 Å². The molecule has 5 heteroatoms. The summed E-state index contributed by atoms with van der Waals surface area (Å²) in [7, 11) is 0. The molecule has 1 aromatic carbocycles. The molecule has 5 nitrogen and oxygen atoms in total. The molecule has 2 heterocycles. The normalized spacial score (nSPS) is 11.0. The quantitative estimate of drug-likeness (QED) is 0.593. The van der Waals surface area contributed by atoms with E-state index in [2.05, 4.69) is 41.1 Å². The summed E-state index contributed by atoms with van der Waals surface area (Å²) in [6.07, 6.45) is 3.01. The molecule has 2 aromatic heterocycles. The van der Waals surface area contributed by atoms with E-state index in [9.17, 15) is 4.79 Å². The number of nitrogens with zero attached hydrogens (tertiary/aromatic N) is 2. The SMILES string of the molecule is Cc1ccc(C)n1-c1ccc(C(=O)N/N=C/c2ccco2)cc1. The highest BCUT2D eigenvalue weighted by Crippen LogP contribution is 2.16. The summed E-state index contributed by atoms with van der Waals surface area (Å²) in [5.41, 5.74) is 6.37. The van der Waals surface area contributed by atoms with Crippen molar-refractivity contribution in [3.8, 4) is 5.69 Å². The highest BCUT2D eigenvalue weighted by molar-refractivity contribution is 5.94. The van der Waals surface area contributed by atoms with Crippen molar-refractivity contribution >= 4 is 12.1 Å². The maximum atomic E-state index is 12.0. The van der Waals surface area contributed by atoms with Crippen molar-refractivity contribution in [1.29, 1.82) is 0 Å². The molecule has 1 amide bonds. The van der Waals surface area contributed by atoms with Gasteiger partial charge in [-0.1, -0.05) is 0 Å². The summed E-state index contributed by atoms with van der Waals surface area (Å²) in [4.78, 5) is 12.0. The molecule has 0 radical (unpaired) electrons. The van der Waals surface area contributed by atoms with E-state index in [0.717, 1.165) is 17.1 Å². The monoisotopic (exact) mass is 307 g/mol. The van der Waals surface area contributed by atoms with E-state index < -0.39 is 0 Å². The molecule has 0 saturated heterocycles. The lowest BCUT2D eigenvalue weighted by atomic mass is 10.2. The molecule has 1 N–H and O–H groups in total. The molecule has 0 unspecified atom stereocenters. The van der Waals surface area contributed by atoms with E-state index >= 15 is 0 Å². The third kappa shape index (κ3) is 3.23. The van der Waals surface area contributed by atoms with Crippen LogP contribution in [0.4, 0.5) is 0 Å². The van der Waals surface area contributed by atoms with Gasteiger partial charge in [0.1, 0.15) is 5.76 Å². The van der Waals surface area contributed by atoms with Gasteiger partial charge in [0.25, 0.3) is 5.91 Å². The lowest BCUT2D eigenvalue weighted by Crippen LogP contribution is -2.17. The largest absolute Gasteiger partial charge is 0.463 e. The summed E-state index contributed by atoms with van der Waals surface area (Å²) in [6, 6.07) is 15.1. The van der Waals surface area contributed by atoms with Crippen molar-refractivity contribution in [2.45, 2.75) is 13.8 Å². The Hall–Kier alpha value is -3.08. The maximum absolute atomic E-state index is 12.0. The highest BCUT2D eigenvalue weighted by Gasteiger charge is 2.07. The Morgan fingerprint density at radius 3 is 2.39 bits per heavy atom.